The molecule has 10 heavy (non-hydrogen) atoms. The van der Waals surface area contributed by atoms with Gasteiger partial charge in [-0.05, 0) is 6.07 Å². The van der Waals surface area contributed by atoms with Gasteiger partial charge in [0.15, 0.2) is 0 Å². The van der Waals surface area contributed by atoms with Crippen LogP contribution >= 0.6 is 12.4 Å². The van der Waals surface area contributed by atoms with Gasteiger partial charge in [-0.2, -0.15) is 0 Å². The van der Waals surface area contributed by atoms with Crippen LogP contribution in [0.3, 0.4) is 0 Å². The number of aromatic nitrogens is 2. The molecule has 1 rings (SSSR count). The van der Waals surface area contributed by atoms with E-state index in [4.69, 9.17) is 5.21 Å². The molecule has 1 N–H and O–H groups in total. The van der Waals surface area contributed by atoms with Gasteiger partial charge in [0.1, 0.15) is 6.33 Å². The van der Waals surface area contributed by atoms with Crippen LogP contribution < -0.4 is 0 Å². The normalized spacial score (nSPS) is 9.20. The summed E-state index contributed by atoms with van der Waals surface area (Å²) in [4.78, 5) is 7.42. The number of nitrogens with zero attached hydrogens (tertiary/aromatic N) is 3. The number of hydrogen-bond acceptors (Lipinski definition) is 4. The van der Waals surface area contributed by atoms with Crippen LogP contribution in [0.5, 0.6) is 0 Å². The van der Waals surface area contributed by atoms with Gasteiger partial charge in [-0.25, -0.2) is 9.97 Å². The fraction of sp³-hybridized carbons (Fsp3) is 0. The first-order valence-corrected chi connectivity index (χ1v) is 2.37. The van der Waals surface area contributed by atoms with Crippen molar-refractivity contribution in [3.63, 3.8) is 0 Å². The van der Waals surface area contributed by atoms with Crippen molar-refractivity contribution in [2.24, 2.45) is 5.16 Å². The first kappa shape index (κ1) is 8.84. The molecule has 1 heterocycles. The van der Waals surface area contributed by atoms with Crippen LogP contribution in [0.2, 0.25) is 0 Å². The third kappa shape index (κ3) is 2.41. The highest BCUT2D eigenvalue weighted by molar-refractivity contribution is 5.85. The standard InChI is InChI=1S/C5H5N3O.ClH/c9-8-3-5-1-2-6-4-7-5;/h1-4,9H;1H. The Kier molecular flexibility index (Phi) is 4.15. The molecule has 0 unspecified atom stereocenters. The third-order valence-corrected chi connectivity index (χ3v) is 0.795. The van der Waals surface area contributed by atoms with Crippen molar-refractivity contribution >= 4 is 18.6 Å². The molecule has 4 nitrogen and oxygen atoms in total. The summed E-state index contributed by atoms with van der Waals surface area (Å²) in [7, 11) is 0. The fourth-order valence-corrected chi connectivity index (χ4v) is 0.436. The van der Waals surface area contributed by atoms with Gasteiger partial charge in [0, 0.05) is 6.20 Å². The zero-order valence-corrected chi connectivity index (χ0v) is 5.82. The molecular weight excluding hydrogens is 154 g/mol. The highest BCUT2D eigenvalue weighted by Crippen LogP contribution is 1.83. The molecule has 0 fully saturated rings. The lowest BCUT2D eigenvalue weighted by atomic mass is 10.4. The van der Waals surface area contributed by atoms with E-state index in [-0.39, 0.29) is 12.4 Å². The zero-order valence-electron chi connectivity index (χ0n) is 5.01. The Hall–Kier alpha value is -1.16. The summed E-state index contributed by atoms with van der Waals surface area (Å²) in [5.41, 5.74) is 0.590. The van der Waals surface area contributed by atoms with Crippen molar-refractivity contribution < 1.29 is 5.21 Å². The smallest absolute Gasteiger partial charge is 0.116 e. The van der Waals surface area contributed by atoms with E-state index in [0.717, 1.165) is 0 Å². The molecule has 0 aliphatic carbocycles. The Morgan fingerprint density at radius 3 is 2.90 bits per heavy atom. The van der Waals surface area contributed by atoms with Crippen LogP contribution in [-0.2, 0) is 0 Å². The van der Waals surface area contributed by atoms with E-state index in [2.05, 4.69) is 15.1 Å². The summed E-state index contributed by atoms with van der Waals surface area (Å²) < 4.78 is 0. The van der Waals surface area contributed by atoms with Crippen LogP contribution in [0.1, 0.15) is 5.69 Å². The Morgan fingerprint density at radius 2 is 2.40 bits per heavy atom. The average Bonchev–Trinajstić information content (AvgIpc) is 1.91. The minimum Gasteiger partial charge on any atom is -0.411 e. The van der Waals surface area contributed by atoms with Crippen molar-refractivity contribution in [2.45, 2.75) is 0 Å². The molecule has 1 aromatic heterocycles. The Labute approximate surface area is 64.0 Å². The van der Waals surface area contributed by atoms with Gasteiger partial charge in [-0.1, -0.05) is 5.16 Å². The maximum absolute atomic E-state index is 8.03. The quantitative estimate of drug-likeness (QED) is 0.373. The average molecular weight is 160 g/mol. The summed E-state index contributed by atoms with van der Waals surface area (Å²) in [5, 5.41) is 10.8. The highest BCUT2D eigenvalue weighted by Gasteiger charge is 1.82. The SMILES string of the molecule is Cl.ON=Cc1ccncn1. The molecule has 0 bridgehead atoms. The number of hydrogen-bond donors (Lipinski definition) is 1. The van der Waals surface area contributed by atoms with Crippen LogP contribution in [0.25, 0.3) is 0 Å². The van der Waals surface area contributed by atoms with E-state index in [1.54, 1.807) is 12.3 Å². The number of oxime groups is 1. The van der Waals surface area contributed by atoms with Crippen molar-refractivity contribution in [3.8, 4) is 0 Å². The first-order valence-electron chi connectivity index (χ1n) is 2.37. The lowest BCUT2D eigenvalue weighted by Gasteiger charge is -1.84. The molecule has 0 amide bonds. The Bertz CT molecular complexity index is 201. The zero-order chi connectivity index (χ0) is 6.53. The van der Waals surface area contributed by atoms with Gasteiger partial charge in [0.2, 0.25) is 0 Å². The lowest BCUT2D eigenvalue weighted by Crippen LogP contribution is -1.85. The molecule has 0 atom stereocenters. The molecule has 0 saturated carbocycles. The number of rotatable bonds is 1. The van der Waals surface area contributed by atoms with Crippen LogP contribution in [0.4, 0.5) is 0 Å². The third-order valence-electron chi connectivity index (χ3n) is 0.795. The van der Waals surface area contributed by atoms with E-state index >= 15 is 0 Å². The minimum atomic E-state index is 0. The van der Waals surface area contributed by atoms with Crippen molar-refractivity contribution in [1.82, 2.24) is 9.97 Å². The minimum absolute atomic E-state index is 0. The predicted molar refractivity (Wildman–Crippen MR) is 38.7 cm³/mol. The summed E-state index contributed by atoms with van der Waals surface area (Å²) in [6.07, 6.45) is 4.20. The number of halogens is 1. The van der Waals surface area contributed by atoms with E-state index < -0.39 is 0 Å². The van der Waals surface area contributed by atoms with E-state index in [1.807, 2.05) is 0 Å². The molecule has 54 valence electrons. The maximum atomic E-state index is 8.03. The van der Waals surface area contributed by atoms with Crippen molar-refractivity contribution in [2.75, 3.05) is 0 Å². The predicted octanol–water partition coefficient (Wildman–Crippen LogP) is 0.706. The molecular formula is C5H6ClN3O. The Morgan fingerprint density at radius 1 is 1.60 bits per heavy atom. The van der Waals surface area contributed by atoms with Gasteiger partial charge in [0.05, 0.1) is 11.9 Å². The largest absolute Gasteiger partial charge is 0.411 e. The second kappa shape index (κ2) is 4.69. The van der Waals surface area contributed by atoms with E-state index in [9.17, 15) is 0 Å². The molecule has 0 saturated heterocycles. The molecule has 0 radical (unpaired) electrons. The lowest BCUT2D eigenvalue weighted by molar-refractivity contribution is 0.321. The monoisotopic (exact) mass is 159 g/mol. The molecule has 0 spiro atoms. The van der Waals surface area contributed by atoms with Crippen molar-refractivity contribution in [3.05, 3.63) is 24.3 Å². The van der Waals surface area contributed by atoms with Gasteiger partial charge < -0.3 is 5.21 Å². The Balaban J connectivity index is 0.000000810. The summed E-state index contributed by atoms with van der Waals surface area (Å²) >= 11 is 0. The summed E-state index contributed by atoms with van der Waals surface area (Å²) in [6.45, 7) is 0. The van der Waals surface area contributed by atoms with E-state index in [1.165, 1.54) is 12.5 Å². The van der Waals surface area contributed by atoms with Gasteiger partial charge in [0.25, 0.3) is 0 Å². The van der Waals surface area contributed by atoms with Gasteiger partial charge in [-0.3, -0.25) is 0 Å². The fourth-order valence-electron chi connectivity index (χ4n) is 0.436. The second-order valence-electron chi connectivity index (χ2n) is 1.38. The topological polar surface area (TPSA) is 58.4 Å². The van der Waals surface area contributed by atoms with Crippen molar-refractivity contribution in [1.29, 1.82) is 0 Å². The maximum Gasteiger partial charge on any atom is 0.116 e. The van der Waals surface area contributed by atoms with Crippen LogP contribution in [0.15, 0.2) is 23.7 Å². The summed E-state index contributed by atoms with van der Waals surface area (Å²) in [6, 6.07) is 1.64. The van der Waals surface area contributed by atoms with Gasteiger partial charge in [-0.15, -0.1) is 12.4 Å². The molecule has 0 aliphatic heterocycles. The molecule has 5 heteroatoms. The summed E-state index contributed by atoms with van der Waals surface area (Å²) in [5.74, 6) is 0. The van der Waals surface area contributed by atoms with Gasteiger partial charge >= 0.3 is 0 Å². The molecule has 0 aliphatic rings. The first-order chi connectivity index (χ1) is 4.43. The molecule has 0 aromatic carbocycles. The second-order valence-corrected chi connectivity index (χ2v) is 1.38. The van der Waals surface area contributed by atoms with E-state index in [0.29, 0.717) is 5.69 Å². The highest BCUT2D eigenvalue weighted by atomic mass is 35.5. The molecule has 1 aromatic rings. The van der Waals surface area contributed by atoms with Crippen LogP contribution in [-0.4, -0.2) is 21.4 Å². The van der Waals surface area contributed by atoms with Crippen LogP contribution in [0, 0.1) is 0 Å².